The largest absolute Gasteiger partial charge is 0.497 e. The predicted molar refractivity (Wildman–Crippen MR) is 115 cm³/mol. The first-order valence-electron chi connectivity index (χ1n) is 9.88. The van der Waals surface area contributed by atoms with Gasteiger partial charge in [-0.15, -0.1) is 5.10 Å². The molecule has 3 heterocycles. The maximum atomic E-state index is 14.0. The number of benzene rings is 2. The fourth-order valence-corrected chi connectivity index (χ4v) is 4.55. The number of carbonyl (C=O) groups excluding carboxylic acids is 1. The molecule has 1 spiro atoms. The highest BCUT2D eigenvalue weighted by Crippen LogP contribution is 2.56. The standard InChI is InChI=1S/C23H17N5O5/c1-32-13-8-6-12(7-9-13)19-18-21(27-26-19)33-20(25)15(10-24)23(18)14-4-2-3-5-16(14)28(22(23)31)11-17(29)30/h2-9H,11,25H2,1H3,(H,26,27)(H,29,30)/t23-/m1/s1. The second-order valence-electron chi connectivity index (χ2n) is 7.51. The highest BCUT2D eigenvalue weighted by Gasteiger charge is 2.61. The number of H-pyrrole nitrogens is 1. The number of fused-ring (bicyclic) bond motifs is 4. The molecule has 0 bridgehead atoms. The normalized spacial score (nSPS) is 18.5. The molecule has 10 nitrogen and oxygen atoms in total. The van der Waals surface area contributed by atoms with Crippen molar-refractivity contribution in [2.75, 3.05) is 18.6 Å². The smallest absolute Gasteiger partial charge is 0.323 e. The van der Waals surface area contributed by atoms with Crippen molar-refractivity contribution in [3.8, 4) is 29.0 Å². The minimum atomic E-state index is -1.72. The Morgan fingerprint density at radius 1 is 1.30 bits per heavy atom. The molecular formula is C23H17N5O5. The Labute approximate surface area is 187 Å². The highest BCUT2D eigenvalue weighted by molar-refractivity contribution is 6.16. The van der Waals surface area contributed by atoms with Crippen molar-refractivity contribution in [1.29, 1.82) is 5.26 Å². The Kier molecular flexibility index (Phi) is 4.35. The zero-order valence-electron chi connectivity index (χ0n) is 17.3. The van der Waals surface area contributed by atoms with Gasteiger partial charge in [0, 0.05) is 16.8 Å². The summed E-state index contributed by atoms with van der Waals surface area (Å²) in [6.07, 6.45) is 0. The minimum Gasteiger partial charge on any atom is -0.497 e. The number of nitrogens with one attached hydrogen (secondary N) is 1. The van der Waals surface area contributed by atoms with Gasteiger partial charge in [0.15, 0.2) is 0 Å². The topological polar surface area (TPSA) is 155 Å². The number of aliphatic carboxylic acids is 1. The van der Waals surface area contributed by atoms with Crippen molar-refractivity contribution in [2.45, 2.75) is 5.41 Å². The van der Waals surface area contributed by atoms with Crippen LogP contribution in [0, 0.1) is 11.3 Å². The number of aromatic amines is 1. The van der Waals surface area contributed by atoms with E-state index >= 15 is 0 Å². The van der Waals surface area contributed by atoms with Crippen molar-refractivity contribution < 1.29 is 24.2 Å². The van der Waals surface area contributed by atoms with E-state index in [0.717, 1.165) is 4.90 Å². The number of anilines is 1. The van der Waals surface area contributed by atoms with Crippen molar-refractivity contribution >= 4 is 17.6 Å². The van der Waals surface area contributed by atoms with Gasteiger partial charge in [-0.2, -0.15) is 5.26 Å². The van der Waals surface area contributed by atoms with Gasteiger partial charge in [0.25, 0.3) is 0 Å². The Bertz CT molecular complexity index is 1380. The fraction of sp³-hybridized carbons (Fsp3) is 0.130. The summed E-state index contributed by atoms with van der Waals surface area (Å²) in [4.78, 5) is 26.8. The first-order valence-corrected chi connectivity index (χ1v) is 9.88. The van der Waals surface area contributed by atoms with Crippen LogP contribution in [0.1, 0.15) is 11.1 Å². The van der Waals surface area contributed by atoms with E-state index < -0.39 is 23.8 Å². The van der Waals surface area contributed by atoms with Crippen LogP contribution in [0.25, 0.3) is 11.3 Å². The van der Waals surface area contributed by atoms with Crippen molar-refractivity contribution in [3.05, 3.63) is 71.1 Å². The van der Waals surface area contributed by atoms with E-state index in [-0.39, 0.29) is 17.3 Å². The highest BCUT2D eigenvalue weighted by atomic mass is 16.5. The molecule has 0 unspecified atom stereocenters. The van der Waals surface area contributed by atoms with Crippen LogP contribution in [0.15, 0.2) is 60.0 Å². The fourth-order valence-electron chi connectivity index (χ4n) is 4.55. The van der Waals surface area contributed by atoms with Crippen LogP contribution >= 0.6 is 0 Å². The average molecular weight is 443 g/mol. The number of amides is 1. The molecule has 0 fully saturated rings. The minimum absolute atomic E-state index is 0.0395. The lowest BCUT2D eigenvalue weighted by molar-refractivity contribution is -0.136. The van der Waals surface area contributed by atoms with Crippen molar-refractivity contribution in [3.63, 3.8) is 0 Å². The number of hydrogen-bond donors (Lipinski definition) is 3. The van der Waals surface area contributed by atoms with Gasteiger partial charge in [-0.05, 0) is 30.3 Å². The number of carboxylic acids is 1. The van der Waals surface area contributed by atoms with Gasteiger partial charge in [0.2, 0.25) is 17.7 Å². The molecule has 1 aromatic heterocycles. The van der Waals surface area contributed by atoms with Crippen LogP contribution in [-0.4, -0.2) is 40.8 Å². The molecule has 2 aliphatic rings. The molecule has 4 N–H and O–H groups in total. The Morgan fingerprint density at radius 2 is 2.03 bits per heavy atom. The summed E-state index contributed by atoms with van der Waals surface area (Å²) < 4.78 is 10.9. The lowest BCUT2D eigenvalue weighted by atomic mass is 9.68. The number of aromatic nitrogens is 2. The van der Waals surface area contributed by atoms with Crippen LogP contribution in [0.2, 0.25) is 0 Å². The lowest BCUT2D eigenvalue weighted by Gasteiger charge is -2.32. The van der Waals surface area contributed by atoms with Gasteiger partial charge in [-0.3, -0.25) is 19.6 Å². The van der Waals surface area contributed by atoms with Gasteiger partial charge in [0.1, 0.15) is 29.4 Å². The quantitative estimate of drug-likeness (QED) is 0.552. The Morgan fingerprint density at radius 3 is 2.70 bits per heavy atom. The predicted octanol–water partition coefficient (Wildman–Crippen LogP) is 1.89. The number of carboxylic acid groups (broad SMARTS) is 1. The molecule has 0 aliphatic carbocycles. The molecule has 164 valence electrons. The van der Waals surface area contributed by atoms with Gasteiger partial charge in [0.05, 0.1) is 18.4 Å². The number of nitriles is 1. The van der Waals surface area contributed by atoms with E-state index in [1.54, 1.807) is 55.6 Å². The molecule has 0 radical (unpaired) electrons. The van der Waals surface area contributed by atoms with E-state index in [2.05, 4.69) is 10.2 Å². The number of nitrogens with zero attached hydrogens (tertiary/aromatic N) is 3. The van der Waals surface area contributed by atoms with Crippen LogP contribution in [-0.2, 0) is 15.0 Å². The molecule has 2 aromatic carbocycles. The molecule has 2 aliphatic heterocycles. The number of nitrogens with two attached hydrogens (primary N) is 1. The van der Waals surface area contributed by atoms with Crippen molar-refractivity contribution in [2.24, 2.45) is 5.73 Å². The molecule has 10 heteroatoms. The lowest BCUT2D eigenvalue weighted by Crippen LogP contribution is -2.47. The average Bonchev–Trinajstić information content (AvgIpc) is 3.33. The summed E-state index contributed by atoms with van der Waals surface area (Å²) in [5, 5.41) is 26.7. The monoisotopic (exact) mass is 443 g/mol. The maximum Gasteiger partial charge on any atom is 0.323 e. The zero-order chi connectivity index (χ0) is 23.3. The molecule has 1 atom stereocenters. The third kappa shape index (κ3) is 2.62. The van der Waals surface area contributed by atoms with E-state index in [9.17, 15) is 20.0 Å². The van der Waals surface area contributed by atoms with E-state index in [1.165, 1.54) is 0 Å². The number of carbonyl (C=O) groups is 2. The van der Waals surface area contributed by atoms with Gasteiger partial charge in [-0.1, -0.05) is 18.2 Å². The first-order chi connectivity index (χ1) is 15.9. The third-order valence-electron chi connectivity index (χ3n) is 5.88. The molecule has 3 aromatic rings. The second-order valence-corrected chi connectivity index (χ2v) is 7.51. The molecule has 1 amide bonds. The van der Waals surface area contributed by atoms with Crippen LogP contribution in [0.3, 0.4) is 0 Å². The van der Waals surface area contributed by atoms with Gasteiger partial charge >= 0.3 is 5.97 Å². The first kappa shape index (κ1) is 20.1. The SMILES string of the molecule is COc1ccc(-c2[nH]nc3c2[C@]2(C(=O)N(CC(=O)O)c4ccccc42)C(C#N)=C(N)O3)cc1. The van der Waals surface area contributed by atoms with Crippen LogP contribution in [0.4, 0.5) is 5.69 Å². The van der Waals surface area contributed by atoms with Crippen molar-refractivity contribution in [1.82, 2.24) is 10.2 Å². The number of ether oxygens (including phenoxy) is 2. The molecular weight excluding hydrogens is 426 g/mol. The number of methoxy groups -OCH3 is 1. The summed E-state index contributed by atoms with van der Waals surface area (Å²) in [6.45, 7) is -0.581. The van der Waals surface area contributed by atoms with Gasteiger partial charge in [-0.25, -0.2) is 0 Å². The maximum absolute atomic E-state index is 14.0. The van der Waals surface area contributed by atoms with Gasteiger partial charge < -0.3 is 20.3 Å². The summed E-state index contributed by atoms with van der Waals surface area (Å²) in [5.74, 6) is -1.41. The zero-order valence-corrected chi connectivity index (χ0v) is 17.3. The molecule has 33 heavy (non-hydrogen) atoms. The van der Waals surface area contributed by atoms with Crippen LogP contribution < -0.4 is 20.1 Å². The summed E-state index contributed by atoms with van der Waals surface area (Å²) in [7, 11) is 1.55. The molecule has 5 rings (SSSR count). The number of para-hydroxylation sites is 1. The third-order valence-corrected chi connectivity index (χ3v) is 5.88. The van der Waals surface area contributed by atoms with Crippen LogP contribution in [0.5, 0.6) is 11.6 Å². The summed E-state index contributed by atoms with van der Waals surface area (Å²) >= 11 is 0. The summed E-state index contributed by atoms with van der Waals surface area (Å²) in [6, 6.07) is 15.8. The number of rotatable bonds is 4. The summed E-state index contributed by atoms with van der Waals surface area (Å²) in [5.41, 5.74) is 6.43. The Hall–Kier alpha value is -4.78. The second kappa shape index (κ2) is 7.13. The molecule has 0 saturated heterocycles. The van der Waals surface area contributed by atoms with E-state index in [4.69, 9.17) is 15.2 Å². The molecule has 0 saturated carbocycles. The van der Waals surface area contributed by atoms with E-state index in [0.29, 0.717) is 33.8 Å². The number of hydrogen-bond acceptors (Lipinski definition) is 7. The van der Waals surface area contributed by atoms with E-state index in [1.807, 2.05) is 6.07 Å². The Balaban J connectivity index is 1.84.